The fourth-order valence-corrected chi connectivity index (χ4v) is 1.31. The molecule has 2 N–H and O–H groups in total. The van der Waals surface area contributed by atoms with E-state index in [4.69, 9.17) is 5.73 Å². The summed E-state index contributed by atoms with van der Waals surface area (Å²) in [5.41, 5.74) is 8.67. The fraction of sp³-hybridized carbons (Fsp3) is 0.333. The smallest absolute Gasteiger partial charge is 0.0314 e. The molecule has 0 amide bonds. The van der Waals surface area contributed by atoms with Gasteiger partial charge in [0.15, 0.2) is 0 Å². The lowest BCUT2D eigenvalue weighted by atomic mass is 10.0. The molecule has 1 aromatic carbocycles. The van der Waals surface area contributed by atoms with Gasteiger partial charge in [-0.3, -0.25) is 0 Å². The number of aryl methyl sites for hydroxylation is 1. The average Bonchev–Trinajstić information content (AvgIpc) is 2.15. The van der Waals surface area contributed by atoms with E-state index < -0.39 is 0 Å². The summed E-state index contributed by atoms with van der Waals surface area (Å²) in [5.74, 6) is 0. The largest absolute Gasteiger partial charge is 0.399 e. The van der Waals surface area contributed by atoms with E-state index in [-0.39, 0.29) is 0 Å². The van der Waals surface area contributed by atoms with Gasteiger partial charge in [0.2, 0.25) is 0 Å². The van der Waals surface area contributed by atoms with Gasteiger partial charge in [0.1, 0.15) is 0 Å². The van der Waals surface area contributed by atoms with E-state index in [1.165, 1.54) is 18.4 Å². The van der Waals surface area contributed by atoms with Crippen LogP contribution in [0.4, 0.5) is 0 Å². The Morgan fingerprint density at radius 3 is 2.85 bits per heavy atom. The molecule has 0 radical (unpaired) electrons. The molecule has 0 unspecified atom stereocenters. The summed E-state index contributed by atoms with van der Waals surface area (Å²) in [6.07, 6.45) is 3.60. The Balaban J connectivity index is 2.73. The SMILES string of the molecule is C=C(N)c1cccc(CCCC)c1. The number of hydrogen-bond donors (Lipinski definition) is 1. The van der Waals surface area contributed by atoms with E-state index in [2.05, 4.69) is 25.6 Å². The van der Waals surface area contributed by atoms with Crippen molar-refractivity contribution in [2.24, 2.45) is 5.73 Å². The molecule has 0 saturated heterocycles. The van der Waals surface area contributed by atoms with Crippen LogP contribution in [0.2, 0.25) is 0 Å². The summed E-state index contributed by atoms with van der Waals surface area (Å²) in [4.78, 5) is 0. The van der Waals surface area contributed by atoms with E-state index in [0.29, 0.717) is 5.70 Å². The molecule has 70 valence electrons. The van der Waals surface area contributed by atoms with Crippen molar-refractivity contribution < 1.29 is 0 Å². The molecule has 0 fully saturated rings. The molecule has 1 nitrogen and oxygen atoms in total. The van der Waals surface area contributed by atoms with Crippen LogP contribution in [-0.2, 0) is 6.42 Å². The quantitative estimate of drug-likeness (QED) is 0.748. The molecule has 0 atom stereocenters. The van der Waals surface area contributed by atoms with Crippen LogP contribution in [0.5, 0.6) is 0 Å². The van der Waals surface area contributed by atoms with Gasteiger partial charge in [0, 0.05) is 5.70 Å². The highest BCUT2D eigenvalue weighted by molar-refractivity contribution is 5.60. The minimum absolute atomic E-state index is 0.651. The molecule has 0 heterocycles. The maximum absolute atomic E-state index is 5.62. The Morgan fingerprint density at radius 2 is 2.23 bits per heavy atom. The molecule has 13 heavy (non-hydrogen) atoms. The third-order valence-electron chi connectivity index (χ3n) is 2.12. The van der Waals surface area contributed by atoms with Crippen LogP contribution >= 0.6 is 0 Å². The fourth-order valence-electron chi connectivity index (χ4n) is 1.31. The number of hydrogen-bond acceptors (Lipinski definition) is 1. The molecule has 1 aromatic rings. The van der Waals surface area contributed by atoms with Crippen molar-refractivity contribution in [1.29, 1.82) is 0 Å². The van der Waals surface area contributed by atoms with E-state index in [0.717, 1.165) is 12.0 Å². The summed E-state index contributed by atoms with van der Waals surface area (Å²) < 4.78 is 0. The van der Waals surface area contributed by atoms with Crippen molar-refractivity contribution >= 4 is 5.70 Å². The molecule has 0 spiro atoms. The molecular formula is C12H17N. The molecule has 1 rings (SSSR count). The predicted molar refractivity (Wildman–Crippen MR) is 58.3 cm³/mol. The van der Waals surface area contributed by atoms with Gasteiger partial charge in [-0.1, -0.05) is 38.1 Å². The third-order valence-corrected chi connectivity index (χ3v) is 2.12. The zero-order chi connectivity index (χ0) is 9.68. The van der Waals surface area contributed by atoms with Crippen molar-refractivity contribution in [1.82, 2.24) is 0 Å². The van der Waals surface area contributed by atoms with Gasteiger partial charge in [0.05, 0.1) is 0 Å². The molecule has 0 aliphatic carbocycles. The van der Waals surface area contributed by atoms with Crippen molar-refractivity contribution in [2.75, 3.05) is 0 Å². The summed E-state index contributed by atoms with van der Waals surface area (Å²) in [5, 5.41) is 0. The van der Waals surface area contributed by atoms with Crippen LogP contribution in [0.1, 0.15) is 30.9 Å². The maximum Gasteiger partial charge on any atom is 0.0314 e. The molecule has 0 aliphatic heterocycles. The lowest BCUT2D eigenvalue weighted by Gasteiger charge is -2.03. The van der Waals surface area contributed by atoms with Crippen molar-refractivity contribution in [3.8, 4) is 0 Å². The highest BCUT2D eigenvalue weighted by Crippen LogP contribution is 2.11. The minimum atomic E-state index is 0.651. The van der Waals surface area contributed by atoms with Crippen LogP contribution in [0.3, 0.4) is 0 Å². The van der Waals surface area contributed by atoms with Gasteiger partial charge in [0.25, 0.3) is 0 Å². The first kappa shape index (κ1) is 9.85. The first-order chi connectivity index (χ1) is 6.24. The van der Waals surface area contributed by atoms with Gasteiger partial charge in [-0.2, -0.15) is 0 Å². The Labute approximate surface area is 80.3 Å². The standard InChI is InChI=1S/C12H17N/c1-3-4-6-11-7-5-8-12(9-11)10(2)13/h5,7-9H,2-4,6,13H2,1H3. The van der Waals surface area contributed by atoms with Crippen LogP contribution in [0, 0.1) is 0 Å². The van der Waals surface area contributed by atoms with Crippen LogP contribution in [0.15, 0.2) is 30.8 Å². The summed E-state index contributed by atoms with van der Waals surface area (Å²) in [6.45, 7) is 5.92. The second-order valence-corrected chi connectivity index (χ2v) is 3.33. The summed E-state index contributed by atoms with van der Waals surface area (Å²) in [7, 11) is 0. The van der Waals surface area contributed by atoms with E-state index >= 15 is 0 Å². The Bertz CT molecular complexity index is 289. The number of rotatable bonds is 4. The van der Waals surface area contributed by atoms with Crippen molar-refractivity contribution in [3.63, 3.8) is 0 Å². The minimum Gasteiger partial charge on any atom is -0.399 e. The second-order valence-electron chi connectivity index (χ2n) is 3.33. The normalized spacial score (nSPS) is 9.92. The Kier molecular flexibility index (Phi) is 3.56. The van der Waals surface area contributed by atoms with Gasteiger partial charge in [-0.15, -0.1) is 0 Å². The zero-order valence-corrected chi connectivity index (χ0v) is 8.22. The molecule has 1 heteroatoms. The highest BCUT2D eigenvalue weighted by atomic mass is 14.6. The maximum atomic E-state index is 5.62. The summed E-state index contributed by atoms with van der Waals surface area (Å²) in [6, 6.07) is 8.30. The molecule has 0 aliphatic rings. The first-order valence-corrected chi connectivity index (χ1v) is 4.77. The molecule has 0 aromatic heterocycles. The van der Waals surface area contributed by atoms with Crippen molar-refractivity contribution in [2.45, 2.75) is 26.2 Å². The zero-order valence-electron chi connectivity index (χ0n) is 8.22. The number of benzene rings is 1. The number of unbranched alkanes of at least 4 members (excludes halogenated alkanes) is 1. The van der Waals surface area contributed by atoms with E-state index in [9.17, 15) is 0 Å². The monoisotopic (exact) mass is 175 g/mol. The third kappa shape index (κ3) is 2.94. The molecule has 0 saturated carbocycles. The molecule has 0 bridgehead atoms. The highest BCUT2D eigenvalue weighted by Gasteiger charge is 1.96. The van der Waals surface area contributed by atoms with Gasteiger partial charge >= 0.3 is 0 Å². The Hall–Kier alpha value is -1.24. The average molecular weight is 175 g/mol. The first-order valence-electron chi connectivity index (χ1n) is 4.77. The van der Waals surface area contributed by atoms with Crippen LogP contribution in [0.25, 0.3) is 5.70 Å². The van der Waals surface area contributed by atoms with Gasteiger partial charge in [-0.05, 0) is 30.0 Å². The number of nitrogens with two attached hydrogens (primary N) is 1. The predicted octanol–water partition coefficient (Wildman–Crippen LogP) is 2.96. The lowest BCUT2D eigenvalue weighted by molar-refractivity contribution is 0.795. The van der Waals surface area contributed by atoms with Crippen LogP contribution in [-0.4, -0.2) is 0 Å². The van der Waals surface area contributed by atoms with Crippen molar-refractivity contribution in [3.05, 3.63) is 42.0 Å². The second kappa shape index (κ2) is 4.70. The molecular weight excluding hydrogens is 158 g/mol. The Morgan fingerprint density at radius 1 is 1.46 bits per heavy atom. The van der Waals surface area contributed by atoms with Gasteiger partial charge in [-0.25, -0.2) is 0 Å². The lowest BCUT2D eigenvalue weighted by Crippen LogP contribution is -1.95. The van der Waals surface area contributed by atoms with Gasteiger partial charge < -0.3 is 5.73 Å². The van der Waals surface area contributed by atoms with E-state index in [1.54, 1.807) is 0 Å². The topological polar surface area (TPSA) is 26.0 Å². The van der Waals surface area contributed by atoms with E-state index in [1.807, 2.05) is 12.1 Å². The summed E-state index contributed by atoms with van der Waals surface area (Å²) >= 11 is 0. The van der Waals surface area contributed by atoms with Crippen LogP contribution < -0.4 is 5.73 Å².